The van der Waals surface area contributed by atoms with Crippen LogP contribution in [-0.4, -0.2) is 28.2 Å². The van der Waals surface area contributed by atoms with Gasteiger partial charge in [-0.05, 0) is 58.7 Å². The van der Waals surface area contributed by atoms with Gasteiger partial charge in [-0.3, -0.25) is 0 Å². The quantitative estimate of drug-likeness (QED) is 0.367. The van der Waals surface area contributed by atoms with Gasteiger partial charge in [0.15, 0.2) is 0 Å². The highest BCUT2D eigenvalue weighted by Crippen LogP contribution is 2.24. The minimum Gasteiger partial charge on any atom is -0.378 e. The van der Waals surface area contributed by atoms with Crippen LogP contribution < -0.4 is 9.80 Å². The second-order valence-electron chi connectivity index (χ2n) is 7.89. The Hall–Kier alpha value is -4.28. The molecule has 0 heterocycles. The van der Waals surface area contributed by atoms with Crippen molar-refractivity contribution >= 4 is 34.7 Å². The van der Waals surface area contributed by atoms with Crippen LogP contribution in [0.3, 0.4) is 0 Å². The molecule has 3 aromatic rings. The molecular formula is C28H26N4. The highest BCUT2D eigenvalue weighted by atomic mass is 15.1. The Labute approximate surface area is 190 Å². The molecule has 0 radical (unpaired) electrons. The first-order valence-corrected chi connectivity index (χ1v) is 10.3. The van der Waals surface area contributed by atoms with Crippen molar-refractivity contribution in [2.45, 2.75) is 0 Å². The van der Waals surface area contributed by atoms with Crippen molar-refractivity contribution in [1.29, 1.82) is 10.5 Å². The lowest BCUT2D eigenvalue weighted by atomic mass is 9.98. The Morgan fingerprint density at radius 2 is 0.875 bits per heavy atom. The fraction of sp³-hybridized carbons (Fsp3) is 0.143. The maximum atomic E-state index is 9.67. The van der Waals surface area contributed by atoms with E-state index < -0.39 is 0 Å². The number of benzene rings is 3. The van der Waals surface area contributed by atoms with Crippen molar-refractivity contribution in [3.8, 4) is 12.1 Å². The molecule has 0 amide bonds. The van der Waals surface area contributed by atoms with E-state index in [0.29, 0.717) is 11.1 Å². The minimum absolute atomic E-state index is 0.580. The molecule has 0 fully saturated rings. The Bertz CT molecular complexity index is 1100. The van der Waals surface area contributed by atoms with Crippen LogP contribution in [0.25, 0.3) is 23.3 Å². The van der Waals surface area contributed by atoms with Crippen LogP contribution in [0.2, 0.25) is 0 Å². The number of rotatable bonds is 6. The lowest BCUT2D eigenvalue weighted by Crippen LogP contribution is -2.07. The molecule has 4 heteroatoms. The summed E-state index contributed by atoms with van der Waals surface area (Å²) in [5, 5.41) is 19.3. The van der Waals surface area contributed by atoms with Gasteiger partial charge in [-0.25, -0.2) is 0 Å². The van der Waals surface area contributed by atoms with E-state index in [0.717, 1.165) is 33.6 Å². The predicted octanol–water partition coefficient (Wildman–Crippen LogP) is 5.95. The largest absolute Gasteiger partial charge is 0.378 e. The van der Waals surface area contributed by atoms with Crippen LogP contribution in [0.4, 0.5) is 11.4 Å². The van der Waals surface area contributed by atoms with E-state index in [1.807, 2.05) is 123 Å². The third kappa shape index (κ3) is 5.45. The van der Waals surface area contributed by atoms with Crippen molar-refractivity contribution in [3.63, 3.8) is 0 Å². The van der Waals surface area contributed by atoms with Crippen LogP contribution in [0.15, 0.2) is 72.8 Å². The average molecular weight is 419 g/mol. The van der Waals surface area contributed by atoms with Crippen molar-refractivity contribution in [2.24, 2.45) is 0 Å². The van der Waals surface area contributed by atoms with Gasteiger partial charge in [-0.2, -0.15) is 10.5 Å². The van der Waals surface area contributed by atoms with Gasteiger partial charge in [0.2, 0.25) is 0 Å². The summed E-state index contributed by atoms with van der Waals surface area (Å²) in [6.07, 6.45) is 3.75. The molecule has 0 spiro atoms. The Morgan fingerprint density at radius 1 is 0.562 bits per heavy atom. The summed E-state index contributed by atoms with van der Waals surface area (Å²) >= 11 is 0. The van der Waals surface area contributed by atoms with Crippen LogP contribution >= 0.6 is 0 Å². The zero-order valence-corrected chi connectivity index (χ0v) is 18.9. The number of anilines is 2. The number of nitriles is 2. The smallest absolute Gasteiger partial charge is 0.0998 e. The first kappa shape index (κ1) is 22.4. The molecular weight excluding hydrogens is 392 g/mol. The van der Waals surface area contributed by atoms with E-state index in [1.54, 1.807) is 0 Å². The van der Waals surface area contributed by atoms with Crippen molar-refractivity contribution in [2.75, 3.05) is 38.0 Å². The van der Waals surface area contributed by atoms with Crippen molar-refractivity contribution in [3.05, 3.63) is 95.1 Å². The van der Waals surface area contributed by atoms with Crippen LogP contribution in [0.5, 0.6) is 0 Å². The van der Waals surface area contributed by atoms with Crippen LogP contribution in [0, 0.1) is 22.7 Å². The molecule has 4 nitrogen and oxygen atoms in total. The number of allylic oxidation sites excluding steroid dienone is 2. The molecule has 32 heavy (non-hydrogen) atoms. The Kier molecular flexibility index (Phi) is 7.11. The van der Waals surface area contributed by atoms with E-state index in [9.17, 15) is 10.5 Å². The third-order valence-corrected chi connectivity index (χ3v) is 5.19. The Morgan fingerprint density at radius 3 is 1.12 bits per heavy atom. The zero-order valence-electron chi connectivity index (χ0n) is 18.9. The molecule has 0 aromatic heterocycles. The van der Waals surface area contributed by atoms with E-state index in [2.05, 4.69) is 12.1 Å². The number of nitrogens with zero attached hydrogens (tertiary/aromatic N) is 4. The molecule has 158 valence electrons. The summed E-state index contributed by atoms with van der Waals surface area (Å²) in [6, 6.07) is 28.2. The maximum Gasteiger partial charge on any atom is 0.0998 e. The predicted molar refractivity (Wildman–Crippen MR) is 135 cm³/mol. The molecule has 0 aliphatic heterocycles. The molecule has 0 aliphatic rings. The lowest BCUT2D eigenvalue weighted by Gasteiger charge is -2.12. The maximum absolute atomic E-state index is 9.67. The topological polar surface area (TPSA) is 54.1 Å². The SMILES string of the molecule is CN(C)c1ccc(/C=C(\C#N)c2ccc(/C(C#N)=C\c3ccc(N(C)C)cc3)cc2)cc1. The minimum atomic E-state index is 0.580. The van der Waals surface area contributed by atoms with Gasteiger partial charge >= 0.3 is 0 Å². The standard InChI is InChI=1S/C28H26N4/c1-31(2)27-13-5-21(6-14-27)17-25(19-29)23-9-11-24(12-10-23)26(20-30)18-22-7-15-28(16-8-22)32(3)4/h5-18H,1-4H3/b25-17-,26-18+. The van der Waals surface area contributed by atoms with E-state index >= 15 is 0 Å². The molecule has 3 aromatic carbocycles. The lowest BCUT2D eigenvalue weighted by molar-refractivity contribution is 1.13. The van der Waals surface area contributed by atoms with Gasteiger partial charge in [0.25, 0.3) is 0 Å². The highest BCUT2D eigenvalue weighted by molar-refractivity contribution is 5.92. The van der Waals surface area contributed by atoms with E-state index in [1.165, 1.54) is 0 Å². The van der Waals surface area contributed by atoms with Gasteiger partial charge in [0, 0.05) is 39.6 Å². The first-order chi connectivity index (χ1) is 15.4. The monoisotopic (exact) mass is 418 g/mol. The van der Waals surface area contributed by atoms with Crippen LogP contribution in [0.1, 0.15) is 22.3 Å². The fourth-order valence-corrected chi connectivity index (χ4v) is 3.26. The molecule has 0 saturated heterocycles. The molecule has 0 saturated carbocycles. The second-order valence-corrected chi connectivity index (χ2v) is 7.89. The molecule has 0 N–H and O–H groups in total. The zero-order chi connectivity index (χ0) is 23.1. The normalized spacial score (nSPS) is 11.4. The van der Waals surface area contributed by atoms with Gasteiger partial charge in [0.1, 0.15) is 0 Å². The van der Waals surface area contributed by atoms with Gasteiger partial charge in [0.05, 0.1) is 23.3 Å². The summed E-state index contributed by atoms with van der Waals surface area (Å²) in [7, 11) is 7.98. The van der Waals surface area contributed by atoms with Crippen molar-refractivity contribution in [1.82, 2.24) is 0 Å². The molecule has 0 bridgehead atoms. The van der Waals surface area contributed by atoms with Gasteiger partial charge in [-0.15, -0.1) is 0 Å². The number of hydrogen-bond donors (Lipinski definition) is 0. The summed E-state index contributed by atoms with van der Waals surface area (Å²) in [6.45, 7) is 0. The molecule has 3 rings (SSSR count). The van der Waals surface area contributed by atoms with Crippen molar-refractivity contribution < 1.29 is 0 Å². The van der Waals surface area contributed by atoms with Crippen LogP contribution in [-0.2, 0) is 0 Å². The summed E-state index contributed by atoms with van der Waals surface area (Å²) in [5.74, 6) is 0. The summed E-state index contributed by atoms with van der Waals surface area (Å²) in [4.78, 5) is 4.07. The average Bonchev–Trinajstić information content (AvgIpc) is 2.81. The molecule has 0 atom stereocenters. The highest BCUT2D eigenvalue weighted by Gasteiger charge is 2.06. The van der Waals surface area contributed by atoms with Gasteiger partial charge < -0.3 is 9.80 Å². The summed E-state index contributed by atoms with van der Waals surface area (Å²) < 4.78 is 0. The Balaban J connectivity index is 1.84. The van der Waals surface area contributed by atoms with Gasteiger partial charge in [-0.1, -0.05) is 48.5 Å². The molecule has 0 unspecified atom stereocenters. The third-order valence-electron chi connectivity index (χ3n) is 5.19. The van der Waals surface area contributed by atoms with E-state index in [-0.39, 0.29) is 0 Å². The molecule has 0 aliphatic carbocycles. The summed E-state index contributed by atoms with van der Waals surface area (Å²) in [5.41, 5.74) is 6.95. The first-order valence-electron chi connectivity index (χ1n) is 10.3. The van der Waals surface area contributed by atoms with E-state index in [4.69, 9.17) is 0 Å². The fourth-order valence-electron chi connectivity index (χ4n) is 3.26. The second kappa shape index (κ2) is 10.2. The number of hydrogen-bond acceptors (Lipinski definition) is 4.